The molecule has 3 atom stereocenters. The van der Waals surface area contributed by atoms with Crippen LogP contribution in [0.5, 0.6) is 0 Å². The molecule has 0 radical (unpaired) electrons. The van der Waals surface area contributed by atoms with E-state index < -0.39 is 0 Å². The first-order valence-corrected chi connectivity index (χ1v) is 7.70. The number of nitrogens with one attached hydrogen (secondary N) is 1. The number of rotatable bonds is 4. The second-order valence-corrected chi connectivity index (χ2v) is 6.25. The van der Waals surface area contributed by atoms with Crippen molar-refractivity contribution in [1.29, 1.82) is 0 Å². The Balaban J connectivity index is 1.81. The summed E-state index contributed by atoms with van der Waals surface area (Å²) in [5.74, 6) is 1.55. The van der Waals surface area contributed by atoms with Crippen LogP contribution in [-0.4, -0.2) is 30.7 Å². The van der Waals surface area contributed by atoms with Gasteiger partial charge in [-0.15, -0.1) is 11.6 Å². The fourth-order valence-electron chi connectivity index (χ4n) is 3.29. The standard InChI is InChI=1S/C14H26ClNO/c1-12-5-4-7-14(9-12,11-15)16-10-13-6-2-3-8-17-13/h12-13,16H,2-11H2,1H3. The highest BCUT2D eigenvalue weighted by Gasteiger charge is 2.34. The first-order chi connectivity index (χ1) is 8.24. The maximum Gasteiger partial charge on any atom is 0.0699 e. The highest BCUT2D eigenvalue weighted by atomic mass is 35.5. The van der Waals surface area contributed by atoms with Crippen LogP contribution in [-0.2, 0) is 4.74 Å². The fraction of sp³-hybridized carbons (Fsp3) is 1.00. The molecular formula is C14H26ClNO. The highest BCUT2D eigenvalue weighted by Crippen LogP contribution is 2.33. The first kappa shape index (κ1) is 13.6. The molecule has 100 valence electrons. The van der Waals surface area contributed by atoms with Gasteiger partial charge in [0.25, 0.3) is 0 Å². The van der Waals surface area contributed by atoms with Crippen molar-refractivity contribution in [2.45, 2.75) is 63.5 Å². The molecule has 1 aliphatic carbocycles. The zero-order valence-corrected chi connectivity index (χ0v) is 11.8. The molecule has 0 aromatic rings. The Morgan fingerprint density at radius 2 is 2.18 bits per heavy atom. The summed E-state index contributed by atoms with van der Waals surface area (Å²) >= 11 is 6.22. The number of alkyl halides is 1. The summed E-state index contributed by atoms with van der Waals surface area (Å²) in [6.07, 6.45) is 9.30. The predicted molar refractivity (Wildman–Crippen MR) is 72.7 cm³/mol. The van der Waals surface area contributed by atoms with Gasteiger partial charge in [-0.05, 0) is 38.0 Å². The van der Waals surface area contributed by atoms with Crippen molar-refractivity contribution in [3.63, 3.8) is 0 Å². The third-order valence-corrected chi connectivity index (χ3v) is 4.84. The van der Waals surface area contributed by atoms with Crippen molar-refractivity contribution < 1.29 is 4.74 Å². The first-order valence-electron chi connectivity index (χ1n) is 7.17. The monoisotopic (exact) mass is 259 g/mol. The third kappa shape index (κ3) is 3.84. The molecule has 17 heavy (non-hydrogen) atoms. The molecule has 1 heterocycles. The lowest BCUT2D eigenvalue weighted by Crippen LogP contribution is -2.52. The zero-order chi connectivity index (χ0) is 12.1. The molecule has 3 heteroatoms. The Bertz CT molecular complexity index is 230. The van der Waals surface area contributed by atoms with E-state index in [1.54, 1.807) is 0 Å². The second kappa shape index (κ2) is 6.40. The van der Waals surface area contributed by atoms with Gasteiger partial charge in [-0.25, -0.2) is 0 Å². The average Bonchev–Trinajstić information content (AvgIpc) is 2.38. The normalized spacial score (nSPS) is 39.2. The van der Waals surface area contributed by atoms with Crippen molar-refractivity contribution in [2.24, 2.45) is 5.92 Å². The number of ether oxygens (including phenoxy) is 1. The maximum absolute atomic E-state index is 6.22. The van der Waals surface area contributed by atoms with E-state index in [9.17, 15) is 0 Å². The third-order valence-electron chi connectivity index (χ3n) is 4.33. The lowest BCUT2D eigenvalue weighted by atomic mass is 9.77. The van der Waals surface area contributed by atoms with Crippen LogP contribution >= 0.6 is 11.6 Å². The van der Waals surface area contributed by atoms with Gasteiger partial charge in [-0.1, -0.05) is 19.8 Å². The summed E-state index contributed by atoms with van der Waals surface area (Å²) in [6, 6.07) is 0. The quantitative estimate of drug-likeness (QED) is 0.782. The molecule has 2 aliphatic rings. The van der Waals surface area contributed by atoms with Gasteiger partial charge in [0.15, 0.2) is 0 Å². The minimum Gasteiger partial charge on any atom is -0.377 e. The van der Waals surface area contributed by atoms with E-state index in [2.05, 4.69) is 12.2 Å². The average molecular weight is 260 g/mol. The molecule has 0 aromatic carbocycles. The number of hydrogen-bond acceptors (Lipinski definition) is 2. The molecule has 1 N–H and O–H groups in total. The molecule has 3 unspecified atom stereocenters. The van der Waals surface area contributed by atoms with Crippen LogP contribution in [0, 0.1) is 5.92 Å². The van der Waals surface area contributed by atoms with E-state index in [-0.39, 0.29) is 5.54 Å². The van der Waals surface area contributed by atoms with E-state index in [1.807, 2.05) is 0 Å². The lowest BCUT2D eigenvalue weighted by Gasteiger charge is -2.40. The molecule has 1 saturated carbocycles. The van der Waals surface area contributed by atoms with E-state index in [1.165, 1.54) is 44.9 Å². The summed E-state index contributed by atoms with van der Waals surface area (Å²) in [5.41, 5.74) is 0.181. The van der Waals surface area contributed by atoms with Gasteiger partial charge in [0.2, 0.25) is 0 Å². The van der Waals surface area contributed by atoms with Crippen LogP contribution in [0.15, 0.2) is 0 Å². The van der Waals surface area contributed by atoms with Gasteiger partial charge in [-0.3, -0.25) is 0 Å². The van der Waals surface area contributed by atoms with E-state index >= 15 is 0 Å². The zero-order valence-electron chi connectivity index (χ0n) is 11.0. The summed E-state index contributed by atoms with van der Waals surface area (Å²) in [6.45, 7) is 4.27. The Morgan fingerprint density at radius 3 is 2.82 bits per heavy atom. The lowest BCUT2D eigenvalue weighted by molar-refractivity contribution is 0.0101. The minimum absolute atomic E-state index is 0.181. The Morgan fingerprint density at radius 1 is 1.29 bits per heavy atom. The van der Waals surface area contributed by atoms with E-state index in [0.717, 1.165) is 24.9 Å². The molecule has 2 rings (SSSR count). The van der Waals surface area contributed by atoms with Crippen molar-refractivity contribution in [3.05, 3.63) is 0 Å². The molecule has 2 fully saturated rings. The Kier molecular flexibility index (Phi) is 5.13. The van der Waals surface area contributed by atoms with Crippen molar-refractivity contribution in [2.75, 3.05) is 19.0 Å². The Labute approximate surface area is 110 Å². The molecule has 0 bridgehead atoms. The van der Waals surface area contributed by atoms with Crippen molar-refractivity contribution >= 4 is 11.6 Å². The molecule has 0 spiro atoms. The second-order valence-electron chi connectivity index (χ2n) is 5.98. The van der Waals surface area contributed by atoms with Gasteiger partial charge in [-0.2, -0.15) is 0 Å². The van der Waals surface area contributed by atoms with Gasteiger partial charge in [0, 0.05) is 24.6 Å². The topological polar surface area (TPSA) is 21.3 Å². The molecule has 0 aromatic heterocycles. The molecule has 1 saturated heterocycles. The summed E-state index contributed by atoms with van der Waals surface area (Å²) < 4.78 is 5.78. The molecule has 0 amide bonds. The molecule has 2 nitrogen and oxygen atoms in total. The molecule has 1 aliphatic heterocycles. The van der Waals surface area contributed by atoms with Gasteiger partial charge in [0.05, 0.1) is 6.10 Å². The van der Waals surface area contributed by atoms with Crippen LogP contribution in [0.2, 0.25) is 0 Å². The summed E-state index contributed by atoms with van der Waals surface area (Å²) in [4.78, 5) is 0. The summed E-state index contributed by atoms with van der Waals surface area (Å²) in [7, 11) is 0. The molecular weight excluding hydrogens is 234 g/mol. The van der Waals surface area contributed by atoms with Crippen LogP contribution in [0.4, 0.5) is 0 Å². The minimum atomic E-state index is 0.181. The smallest absolute Gasteiger partial charge is 0.0699 e. The number of halogens is 1. The van der Waals surface area contributed by atoms with Gasteiger partial charge < -0.3 is 10.1 Å². The van der Waals surface area contributed by atoms with Crippen molar-refractivity contribution in [1.82, 2.24) is 5.32 Å². The largest absolute Gasteiger partial charge is 0.377 e. The van der Waals surface area contributed by atoms with E-state index in [4.69, 9.17) is 16.3 Å². The van der Waals surface area contributed by atoms with Crippen LogP contribution in [0.25, 0.3) is 0 Å². The SMILES string of the molecule is CC1CCCC(CCl)(NCC2CCCCO2)C1. The highest BCUT2D eigenvalue weighted by molar-refractivity contribution is 6.18. The van der Waals surface area contributed by atoms with Crippen LogP contribution in [0.3, 0.4) is 0 Å². The van der Waals surface area contributed by atoms with Crippen LogP contribution < -0.4 is 5.32 Å². The maximum atomic E-state index is 6.22. The summed E-state index contributed by atoms with van der Waals surface area (Å²) in [5, 5.41) is 3.73. The van der Waals surface area contributed by atoms with Gasteiger partial charge in [0.1, 0.15) is 0 Å². The fourth-order valence-corrected chi connectivity index (χ4v) is 3.63. The van der Waals surface area contributed by atoms with Crippen LogP contribution in [0.1, 0.15) is 51.9 Å². The number of hydrogen-bond donors (Lipinski definition) is 1. The van der Waals surface area contributed by atoms with Gasteiger partial charge >= 0.3 is 0 Å². The van der Waals surface area contributed by atoms with Crippen molar-refractivity contribution in [3.8, 4) is 0 Å². The van der Waals surface area contributed by atoms with E-state index in [0.29, 0.717) is 6.10 Å². The predicted octanol–water partition coefficient (Wildman–Crippen LogP) is 3.33. The Hall–Kier alpha value is 0.210.